The van der Waals surface area contributed by atoms with E-state index in [1.54, 1.807) is 12.1 Å². The zero-order valence-electron chi connectivity index (χ0n) is 10.2. The first-order valence-corrected chi connectivity index (χ1v) is 7.14. The van der Waals surface area contributed by atoms with Gasteiger partial charge in [-0.15, -0.1) is 0 Å². The Hall–Kier alpha value is -0.290. The van der Waals surface area contributed by atoms with E-state index in [1.807, 2.05) is 13.8 Å². The number of halogens is 3. The maximum absolute atomic E-state index is 12.1. The van der Waals surface area contributed by atoms with Crippen molar-refractivity contribution in [2.45, 2.75) is 32.2 Å². The number of nitrogens with two attached hydrogens (primary N) is 1. The number of anilines is 1. The third-order valence-electron chi connectivity index (χ3n) is 3.00. The summed E-state index contributed by atoms with van der Waals surface area (Å²) in [6.07, 6.45) is 1.11. The summed E-state index contributed by atoms with van der Waals surface area (Å²) in [5.74, 6) is -0.257. The Balaban J connectivity index is 2.99. The molecule has 0 fully saturated rings. The fourth-order valence-corrected chi connectivity index (χ4v) is 2.26. The Morgan fingerprint density at radius 3 is 2.39 bits per heavy atom. The molecule has 6 heteroatoms. The largest absolute Gasteiger partial charge is 0.323 e. The summed E-state index contributed by atoms with van der Waals surface area (Å²) in [5, 5.41) is 3.39. The Kier molecular flexibility index (Phi) is 5.46. The van der Waals surface area contributed by atoms with Crippen molar-refractivity contribution in [3.05, 3.63) is 26.7 Å². The van der Waals surface area contributed by atoms with Crippen molar-refractivity contribution in [1.29, 1.82) is 0 Å². The van der Waals surface area contributed by atoms with Gasteiger partial charge in [-0.1, -0.05) is 37.0 Å². The van der Waals surface area contributed by atoms with Crippen LogP contribution in [0.3, 0.4) is 0 Å². The number of hydrogen-bond donors (Lipinski definition) is 2. The van der Waals surface area contributed by atoms with Crippen LogP contribution >= 0.6 is 39.1 Å². The van der Waals surface area contributed by atoms with E-state index in [0.29, 0.717) is 33.0 Å². The standard InChI is InChI=1S/C12H15BrCl2N2O/c1-3-12(16,4-2)11(18)17-8-6-5-7(13)9(14)10(8)15/h5-6H,3-4,16H2,1-2H3,(H,17,18). The molecule has 18 heavy (non-hydrogen) atoms. The van der Waals surface area contributed by atoms with Gasteiger partial charge in [-0.05, 0) is 40.9 Å². The highest BCUT2D eigenvalue weighted by Gasteiger charge is 2.30. The monoisotopic (exact) mass is 352 g/mol. The van der Waals surface area contributed by atoms with E-state index in [2.05, 4.69) is 21.2 Å². The number of nitrogens with one attached hydrogen (secondary N) is 1. The average molecular weight is 354 g/mol. The van der Waals surface area contributed by atoms with Gasteiger partial charge in [-0.25, -0.2) is 0 Å². The number of rotatable bonds is 4. The van der Waals surface area contributed by atoms with Gasteiger partial charge < -0.3 is 11.1 Å². The van der Waals surface area contributed by atoms with Crippen LogP contribution in [0, 0.1) is 0 Å². The van der Waals surface area contributed by atoms with Crippen molar-refractivity contribution in [3.63, 3.8) is 0 Å². The van der Waals surface area contributed by atoms with E-state index < -0.39 is 5.54 Å². The zero-order valence-corrected chi connectivity index (χ0v) is 13.3. The van der Waals surface area contributed by atoms with E-state index in [1.165, 1.54) is 0 Å². The average Bonchev–Trinajstić information content (AvgIpc) is 2.38. The number of carbonyl (C=O) groups excluding carboxylic acids is 1. The molecule has 0 saturated carbocycles. The van der Waals surface area contributed by atoms with Gasteiger partial charge in [0, 0.05) is 4.47 Å². The van der Waals surface area contributed by atoms with E-state index in [4.69, 9.17) is 28.9 Å². The van der Waals surface area contributed by atoms with E-state index >= 15 is 0 Å². The molecule has 100 valence electrons. The van der Waals surface area contributed by atoms with Crippen molar-refractivity contribution < 1.29 is 4.79 Å². The number of benzene rings is 1. The van der Waals surface area contributed by atoms with Gasteiger partial charge in [0.15, 0.2) is 0 Å². The van der Waals surface area contributed by atoms with Gasteiger partial charge in [-0.3, -0.25) is 4.79 Å². The molecule has 0 aliphatic rings. The lowest BCUT2D eigenvalue weighted by molar-refractivity contribution is -0.121. The second-order valence-corrected chi connectivity index (χ2v) is 5.65. The van der Waals surface area contributed by atoms with Crippen molar-refractivity contribution in [3.8, 4) is 0 Å². The number of amides is 1. The maximum atomic E-state index is 12.1. The quantitative estimate of drug-likeness (QED) is 0.796. The molecule has 0 saturated heterocycles. The molecule has 0 unspecified atom stereocenters. The van der Waals surface area contributed by atoms with Crippen LogP contribution in [0.5, 0.6) is 0 Å². The van der Waals surface area contributed by atoms with Crippen LogP contribution in [-0.2, 0) is 4.79 Å². The first-order chi connectivity index (χ1) is 8.35. The molecule has 0 atom stereocenters. The molecule has 3 nitrogen and oxygen atoms in total. The fraction of sp³-hybridized carbons (Fsp3) is 0.417. The van der Waals surface area contributed by atoms with Gasteiger partial charge in [0.2, 0.25) is 5.91 Å². The van der Waals surface area contributed by atoms with Gasteiger partial charge >= 0.3 is 0 Å². The summed E-state index contributed by atoms with van der Waals surface area (Å²) in [7, 11) is 0. The maximum Gasteiger partial charge on any atom is 0.244 e. The van der Waals surface area contributed by atoms with Gasteiger partial charge in [-0.2, -0.15) is 0 Å². The molecule has 3 N–H and O–H groups in total. The van der Waals surface area contributed by atoms with Crippen LogP contribution in [-0.4, -0.2) is 11.4 Å². The van der Waals surface area contributed by atoms with Crippen LogP contribution < -0.4 is 11.1 Å². The topological polar surface area (TPSA) is 55.1 Å². The van der Waals surface area contributed by atoms with Crippen molar-refractivity contribution in [1.82, 2.24) is 0 Å². The smallest absolute Gasteiger partial charge is 0.244 e. The molecule has 0 aliphatic carbocycles. The molecule has 1 rings (SSSR count). The van der Waals surface area contributed by atoms with Crippen molar-refractivity contribution in [2.75, 3.05) is 5.32 Å². The third kappa shape index (κ3) is 3.18. The van der Waals surface area contributed by atoms with Gasteiger partial charge in [0.25, 0.3) is 0 Å². The normalized spacial score (nSPS) is 11.4. The van der Waals surface area contributed by atoms with E-state index in [0.717, 1.165) is 0 Å². The molecule has 0 radical (unpaired) electrons. The minimum atomic E-state index is -0.886. The Morgan fingerprint density at radius 1 is 1.33 bits per heavy atom. The predicted molar refractivity (Wildman–Crippen MR) is 80.3 cm³/mol. The third-order valence-corrected chi connectivity index (χ3v) is 4.77. The molecule has 0 aliphatic heterocycles. The molecule has 0 spiro atoms. The molecular weight excluding hydrogens is 339 g/mol. The first-order valence-electron chi connectivity index (χ1n) is 5.59. The Bertz CT molecular complexity index is 462. The predicted octanol–water partition coefficient (Wildman–Crippen LogP) is 4.21. The zero-order chi connectivity index (χ0) is 13.9. The van der Waals surface area contributed by atoms with Crippen LogP contribution in [0.25, 0.3) is 0 Å². The molecule has 0 bridgehead atoms. The molecule has 1 amide bonds. The van der Waals surface area contributed by atoms with Crippen LogP contribution in [0.2, 0.25) is 10.0 Å². The summed E-state index contributed by atoms with van der Waals surface area (Å²) in [5.41, 5.74) is 5.59. The Morgan fingerprint density at radius 2 is 1.89 bits per heavy atom. The molecular formula is C12H15BrCl2N2O. The molecule has 1 aromatic rings. The molecule has 0 aromatic heterocycles. The highest BCUT2D eigenvalue weighted by molar-refractivity contribution is 9.10. The summed E-state index contributed by atoms with van der Waals surface area (Å²) >= 11 is 15.3. The highest BCUT2D eigenvalue weighted by Crippen LogP contribution is 2.36. The second kappa shape index (κ2) is 6.24. The van der Waals surface area contributed by atoms with Crippen LogP contribution in [0.4, 0.5) is 5.69 Å². The SMILES string of the molecule is CCC(N)(CC)C(=O)Nc1ccc(Br)c(Cl)c1Cl. The lowest BCUT2D eigenvalue weighted by atomic mass is 9.93. The molecule has 1 aromatic carbocycles. The lowest BCUT2D eigenvalue weighted by Crippen LogP contribution is -2.50. The van der Waals surface area contributed by atoms with E-state index in [-0.39, 0.29) is 5.91 Å². The van der Waals surface area contributed by atoms with Gasteiger partial charge in [0.05, 0.1) is 21.3 Å². The fourth-order valence-electron chi connectivity index (χ4n) is 1.44. The number of hydrogen-bond acceptors (Lipinski definition) is 2. The lowest BCUT2D eigenvalue weighted by Gasteiger charge is -2.25. The van der Waals surface area contributed by atoms with Crippen molar-refractivity contribution in [2.24, 2.45) is 5.73 Å². The second-order valence-electron chi connectivity index (χ2n) is 4.04. The number of carbonyl (C=O) groups is 1. The molecule has 0 heterocycles. The highest BCUT2D eigenvalue weighted by atomic mass is 79.9. The van der Waals surface area contributed by atoms with Gasteiger partial charge in [0.1, 0.15) is 0 Å². The van der Waals surface area contributed by atoms with Crippen LogP contribution in [0.15, 0.2) is 16.6 Å². The minimum Gasteiger partial charge on any atom is -0.323 e. The minimum absolute atomic E-state index is 0.257. The summed E-state index contributed by atoms with van der Waals surface area (Å²) in [6, 6.07) is 3.40. The Labute approximate surface area is 125 Å². The van der Waals surface area contributed by atoms with E-state index in [9.17, 15) is 4.79 Å². The first kappa shape index (κ1) is 15.8. The summed E-state index contributed by atoms with van der Waals surface area (Å²) in [6.45, 7) is 3.75. The summed E-state index contributed by atoms with van der Waals surface area (Å²) in [4.78, 5) is 12.1. The van der Waals surface area contributed by atoms with Crippen LogP contribution in [0.1, 0.15) is 26.7 Å². The van der Waals surface area contributed by atoms with Crippen molar-refractivity contribution >= 4 is 50.7 Å². The summed E-state index contributed by atoms with van der Waals surface area (Å²) < 4.78 is 0.678.